The third-order valence-electron chi connectivity index (χ3n) is 4.38. The number of nitrogen functional groups attached to an aromatic ring is 1. The van der Waals surface area contributed by atoms with Crippen molar-refractivity contribution in [2.75, 3.05) is 5.73 Å². The number of imidazole rings is 1. The highest BCUT2D eigenvalue weighted by molar-refractivity contribution is 6.18. The van der Waals surface area contributed by atoms with Gasteiger partial charge in [-0.25, -0.2) is 4.98 Å². The smallest absolute Gasteiger partial charge is 0.269 e. The summed E-state index contributed by atoms with van der Waals surface area (Å²) in [5.74, 6) is 2.06. The maximum Gasteiger partial charge on any atom is 0.269 e. The lowest BCUT2D eigenvalue weighted by atomic mass is 9.97. The molecule has 1 aliphatic rings. The molecule has 0 spiro atoms. The van der Waals surface area contributed by atoms with E-state index in [2.05, 4.69) is 10.9 Å². The van der Waals surface area contributed by atoms with E-state index in [1.54, 1.807) is 6.33 Å². The maximum atomic E-state index is 11.7. The molecule has 0 aliphatic carbocycles. The number of anilines is 1. The average Bonchev–Trinajstić information content (AvgIpc) is 3.00. The first-order chi connectivity index (χ1) is 12.6. The zero-order chi connectivity index (χ0) is 18.3. The van der Waals surface area contributed by atoms with Crippen LogP contribution in [0.4, 0.5) is 5.69 Å². The van der Waals surface area contributed by atoms with Crippen LogP contribution < -0.4 is 11.5 Å². The minimum absolute atomic E-state index is 0.211. The monoisotopic (exact) mass is 341 g/mol. The fraction of sp³-hybridized carbons (Fsp3) is 0.0500. The number of nitrogens with two attached hydrogens (primary N) is 2. The van der Waals surface area contributed by atoms with Crippen molar-refractivity contribution in [1.82, 2.24) is 9.55 Å². The lowest BCUT2D eigenvalue weighted by Crippen LogP contribution is -2.14. The first-order valence-electron chi connectivity index (χ1n) is 7.97. The Labute approximate surface area is 150 Å². The van der Waals surface area contributed by atoms with Gasteiger partial charge in [0.15, 0.2) is 5.69 Å². The van der Waals surface area contributed by atoms with Crippen molar-refractivity contribution in [1.29, 1.82) is 0 Å². The first-order valence-corrected chi connectivity index (χ1v) is 7.97. The number of amides is 1. The van der Waals surface area contributed by atoms with Crippen LogP contribution in [0.15, 0.2) is 53.8 Å². The molecule has 1 aromatic heterocycles. The van der Waals surface area contributed by atoms with Gasteiger partial charge in [-0.05, 0) is 24.3 Å². The second-order valence-electron chi connectivity index (χ2n) is 5.90. The van der Waals surface area contributed by atoms with Crippen LogP contribution in [0.2, 0.25) is 0 Å². The van der Waals surface area contributed by atoms with Crippen LogP contribution in [-0.4, -0.2) is 21.2 Å². The van der Waals surface area contributed by atoms with Crippen molar-refractivity contribution >= 4 is 17.3 Å². The van der Waals surface area contributed by atoms with E-state index in [0.29, 0.717) is 17.1 Å². The van der Waals surface area contributed by atoms with Gasteiger partial charge in [-0.15, -0.1) is 6.42 Å². The Morgan fingerprint density at radius 3 is 2.73 bits per heavy atom. The Morgan fingerprint density at radius 2 is 2.00 bits per heavy atom. The van der Waals surface area contributed by atoms with Gasteiger partial charge in [0.1, 0.15) is 6.33 Å². The number of nitrogens with zero attached hydrogens (tertiary/aromatic N) is 3. The molecule has 6 heteroatoms. The molecule has 0 bridgehead atoms. The van der Waals surface area contributed by atoms with E-state index in [9.17, 15) is 4.79 Å². The maximum absolute atomic E-state index is 11.7. The Bertz CT molecular complexity index is 1120. The molecule has 0 fully saturated rings. The number of aliphatic imine (C=N–C) groups is 1. The number of primary amides is 1. The van der Waals surface area contributed by atoms with E-state index in [1.165, 1.54) is 0 Å². The molecule has 4 rings (SSSR count). The molecule has 0 saturated carbocycles. The normalized spacial score (nSPS) is 12.3. The summed E-state index contributed by atoms with van der Waals surface area (Å²) in [5, 5.41) is 0. The molecular formula is C20H15N5O. The fourth-order valence-electron chi connectivity index (χ4n) is 3.15. The van der Waals surface area contributed by atoms with Gasteiger partial charge in [-0.3, -0.25) is 14.4 Å². The third kappa shape index (κ3) is 2.34. The van der Waals surface area contributed by atoms with Crippen molar-refractivity contribution in [3.05, 3.63) is 76.9 Å². The number of benzene rings is 2. The SMILES string of the molecule is C#Cc1ccc2c(c1)C(c1ccccc1N)=NCc1c(C(N)=O)ncn1-2. The van der Waals surface area contributed by atoms with Crippen LogP contribution in [-0.2, 0) is 6.54 Å². The van der Waals surface area contributed by atoms with Gasteiger partial charge in [0.25, 0.3) is 5.91 Å². The van der Waals surface area contributed by atoms with Crippen molar-refractivity contribution in [2.45, 2.75) is 6.54 Å². The summed E-state index contributed by atoms with van der Waals surface area (Å²) in [6, 6.07) is 13.1. The number of carbonyl (C=O) groups excluding carboxylic acids is 1. The summed E-state index contributed by atoms with van der Waals surface area (Å²) in [4.78, 5) is 20.6. The van der Waals surface area contributed by atoms with E-state index in [0.717, 1.165) is 22.4 Å². The number of hydrogen-bond acceptors (Lipinski definition) is 4. The molecule has 0 radical (unpaired) electrons. The highest BCUT2D eigenvalue weighted by Crippen LogP contribution is 2.29. The summed E-state index contributed by atoms with van der Waals surface area (Å²) in [5.41, 5.74) is 17.0. The minimum Gasteiger partial charge on any atom is -0.398 e. The van der Waals surface area contributed by atoms with Gasteiger partial charge >= 0.3 is 0 Å². The van der Waals surface area contributed by atoms with Crippen LogP contribution in [0.5, 0.6) is 0 Å². The Morgan fingerprint density at radius 1 is 1.19 bits per heavy atom. The van der Waals surface area contributed by atoms with Gasteiger partial charge in [-0.1, -0.05) is 24.1 Å². The Balaban J connectivity index is 2.03. The van der Waals surface area contributed by atoms with Crippen molar-refractivity contribution in [3.8, 4) is 18.0 Å². The molecule has 0 saturated heterocycles. The van der Waals surface area contributed by atoms with E-state index in [4.69, 9.17) is 22.9 Å². The summed E-state index contributed by atoms with van der Waals surface area (Å²) in [6.07, 6.45) is 7.16. The summed E-state index contributed by atoms with van der Waals surface area (Å²) in [7, 11) is 0. The molecule has 1 amide bonds. The number of fused-ring (bicyclic) bond motifs is 3. The van der Waals surface area contributed by atoms with Crippen LogP contribution >= 0.6 is 0 Å². The number of hydrogen-bond donors (Lipinski definition) is 2. The lowest BCUT2D eigenvalue weighted by molar-refractivity contribution is 0.0995. The first kappa shape index (κ1) is 15.7. The molecule has 1 aliphatic heterocycles. The molecule has 2 heterocycles. The number of aromatic nitrogens is 2. The standard InChI is InChI=1S/C20H15N5O/c1-2-12-7-8-16-14(9-12)18(13-5-3-4-6-15(13)21)23-10-17-19(20(22)26)24-11-25(16)17/h1,3-9,11H,10,21H2,(H2,22,26). The van der Waals surface area contributed by atoms with Crippen LogP contribution in [0.25, 0.3) is 5.69 Å². The third-order valence-corrected chi connectivity index (χ3v) is 4.38. The predicted molar refractivity (Wildman–Crippen MR) is 100 cm³/mol. The topological polar surface area (TPSA) is 99.3 Å². The highest BCUT2D eigenvalue weighted by Gasteiger charge is 2.24. The highest BCUT2D eigenvalue weighted by atomic mass is 16.1. The lowest BCUT2D eigenvalue weighted by Gasteiger charge is -2.13. The van der Waals surface area contributed by atoms with E-state index in [-0.39, 0.29) is 12.2 Å². The molecule has 126 valence electrons. The van der Waals surface area contributed by atoms with Crippen LogP contribution in [0, 0.1) is 12.3 Å². The Hall–Kier alpha value is -3.85. The molecule has 0 atom stereocenters. The van der Waals surface area contributed by atoms with Gasteiger partial charge in [-0.2, -0.15) is 0 Å². The fourth-order valence-corrected chi connectivity index (χ4v) is 3.15. The van der Waals surface area contributed by atoms with Crippen LogP contribution in [0.3, 0.4) is 0 Å². The second kappa shape index (κ2) is 5.90. The number of carbonyl (C=O) groups is 1. The molecule has 4 N–H and O–H groups in total. The number of rotatable bonds is 2. The second-order valence-corrected chi connectivity index (χ2v) is 5.90. The molecule has 26 heavy (non-hydrogen) atoms. The van der Waals surface area contributed by atoms with E-state index >= 15 is 0 Å². The number of terminal acetylenes is 1. The summed E-state index contributed by atoms with van der Waals surface area (Å²) < 4.78 is 1.82. The molecule has 3 aromatic rings. The molecule has 6 nitrogen and oxygen atoms in total. The zero-order valence-corrected chi connectivity index (χ0v) is 13.8. The largest absolute Gasteiger partial charge is 0.398 e. The van der Waals surface area contributed by atoms with Gasteiger partial charge in [0.2, 0.25) is 0 Å². The molecule has 2 aromatic carbocycles. The summed E-state index contributed by atoms with van der Waals surface area (Å²) >= 11 is 0. The van der Waals surface area contributed by atoms with Gasteiger partial charge in [0, 0.05) is 22.4 Å². The summed E-state index contributed by atoms with van der Waals surface area (Å²) in [6.45, 7) is 0.252. The molecule has 0 unspecified atom stereocenters. The average molecular weight is 341 g/mol. The number of para-hydroxylation sites is 1. The van der Waals surface area contributed by atoms with Gasteiger partial charge < -0.3 is 11.5 Å². The van der Waals surface area contributed by atoms with Gasteiger partial charge in [0.05, 0.1) is 23.6 Å². The van der Waals surface area contributed by atoms with E-state index in [1.807, 2.05) is 47.0 Å². The minimum atomic E-state index is -0.585. The van der Waals surface area contributed by atoms with Crippen molar-refractivity contribution in [3.63, 3.8) is 0 Å². The Kier molecular flexibility index (Phi) is 3.55. The quantitative estimate of drug-likeness (QED) is 0.550. The van der Waals surface area contributed by atoms with Crippen molar-refractivity contribution in [2.24, 2.45) is 10.7 Å². The van der Waals surface area contributed by atoms with Crippen molar-refractivity contribution < 1.29 is 4.79 Å². The molecular weight excluding hydrogens is 326 g/mol. The predicted octanol–water partition coefficient (Wildman–Crippen LogP) is 1.89. The van der Waals surface area contributed by atoms with Crippen LogP contribution in [0.1, 0.15) is 32.9 Å². The zero-order valence-electron chi connectivity index (χ0n) is 13.8. The van der Waals surface area contributed by atoms with E-state index < -0.39 is 5.91 Å².